The molecule has 0 saturated heterocycles. The lowest BCUT2D eigenvalue weighted by molar-refractivity contribution is 0.0696. The Bertz CT molecular complexity index is 798. The van der Waals surface area contributed by atoms with E-state index in [9.17, 15) is 13.2 Å². The van der Waals surface area contributed by atoms with Gasteiger partial charge in [0.15, 0.2) is 9.84 Å². The number of nitrogens with one attached hydrogen (secondary N) is 1. The summed E-state index contributed by atoms with van der Waals surface area (Å²) in [5, 5.41) is 11.6. The van der Waals surface area contributed by atoms with Crippen molar-refractivity contribution >= 4 is 21.6 Å². The molecule has 1 aromatic carbocycles. The Labute approximate surface area is 134 Å². The zero-order valence-electron chi connectivity index (χ0n) is 12.2. The normalized spacial score (nSPS) is 20.5. The van der Waals surface area contributed by atoms with E-state index < -0.39 is 15.8 Å². The van der Waals surface area contributed by atoms with E-state index in [1.807, 2.05) is 0 Å². The van der Waals surface area contributed by atoms with E-state index in [4.69, 9.17) is 5.11 Å². The Morgan fingerprint density at radius 2 is 1.83 bits per heavy atom. The van der Waals surface area contributed by atoms with Gasteiger partial charge < -0.3 is 10.4 Å². The summed E-state index contributed by atoms with van der Waals surface area (Å²) in [7, 11) is -3.28. The summed E-state index contributed by atoms with van der Waals surface area (Å²) in [6, 6.07) is 11.5. The van der Waals surface area contributed by atoms with Crippen LogP contribution in [0.4, 0.5) is 5.82 Å². The molecule has 2 aromatic rings. The molecule has 0 aliphatic heterocycles. The molecule has 23 heavy (non-hydrogen) atoms. The molecule has 120 valence electrons. The molecule has 0 unspecified atom stereocenters. The molecule has 1 aliphatic rings. The zero-order valence-corrected chi connectivity index (χ0v) is 13.0. The molecule has 0 radical (unpaired) electrons. The number of anilines is 1. The maximum absolute atomic E-state index is 12.4. The molecule has 1 saturated carbocycles. The van der Waals surface area contributed by atoms with Gasteiger partial charge in [0.2, 0.25) is 0 Å². The van der Waals surface area contributed by atoms with Gasteiger partial charge in [0.1, 0.15) is 5.82 Å². The SMILES string of the molecule is O=C(O)c1ccc(NC2CC(S(=O)(=O)c3ccccc3)C2)nc1. The van der Waals surface area contributed by atoms with Gasteiger partial charge in [-0.25, -0.2) is 18.2 Å². The van der Waals surface area contributed by atoms with Crippen molar-refractivity contribution in [1.82, 2.24) is 4.98 Å². The van der Waals surface area contributed by atoms with Gasteiger partial charge in [-0.1, -0.05) is 18.2 Å². The first-order chi connectivity index (χ1) is 11.0. The van der Waals surface area contributed by atoms with Crippen LogP contribution in [0.5, 0.6) is 0 Å². The third kappa shape index (κ3) is 3.19. The zero-order chi connectivity index (χ0) is 16.4. The summed E-state index contributed by atoms with van der Waals surface area (Å²) in [6.07, 6.45) is 2.31. The number of rotatable bonds is 5. The molecule has 0 atom stereocenters. The van der Waals surface area contributed by atoms with E-state index in [2.05, 4.69) is 10.3 Å². The van der Waals surface area contributed by atoms with E-state index in [-0.39, 0.29) is 16.9 Å². The molecular formula is C16H16N2O4S. The Kier molecular flexibility index (Phi) is 4.04. The standard InChI is InChI=1S/C16H16N2O4S/c19-16(20)11-6-7-15(17-10-11)18-12-8-14(9-12)23(21,22)13-4-2-1-3-5-13/h1-7,10,12,14H,8-9H2,(H,17,18)(H,19,20). The van der Waals surface area contributed by atoms with Gasteiger partial charge in [0, 0.05) is 12.2 Å². The van der Waals surface area contributed by atoms with E-state index in [0.29, 0.717) is 23.6 Å². The third-order valence-electron chi connectivity index (χ3n) is 3.97. The summed E-state index contributed by atoms with van der Waals surface area (Å²) in [6.45, 7) is 0. The Balaban J connectivity index is 1.60. The number of carbonyl (C=O) groups is 1. The van der Waals surface area contributed by atoms with Crippen molar-refractivity contribution < 1.29 is 18.3 Å². The first-order valence-electron chi connectivity index (χ1n) is 7.21. The van der Waals surface area contributed by atoms with Crippen molar-refractivity contribution in [3.8, 4) is 0 Å². The van der Waals surface area contributed by atoms with E-state index in [1.165, 1.54) is 12.3 Å². The quantitative estimate of drug-likeness (QED) is 0.871. The smallest absolute Gasteiger partial charge is 0.337 e. The summed E-state index contributed by atoms with van der Waals surface area (Å²) in [5.41, 5.74) is 0.119. The topological polar surface area (TPSA) is 96.4 Å². The number of hydrogen-bond donors (Lipinski definition) is 2. The van der Waals surface area contributed by atoms with Gasteiger partial charge in [-0.3, -0.25) is 0 Å². The van der Waals surface area contributed by atoms with Crippen molar-refractivity contribution in [3.63, 3.8) is 0 Å². The van der Waals surface area contributed by atoms with Gasteiger partial charge in [-0.05, 0) is 37.1 Å². The minimum Gasteiger partial charge on any atom is -0.478 e. The lowest BCUT2D eigenvalue weighted by Gasteiger charge is -2.35. The summed E-state index contributed by atoms with van der Waals surface area (Å²) >= 11 is 0. The lowest BCUT2D eigenvalue weighted by Crippen LogP contribution is -2.44. The fourth-order valence-electron chi connectivity index (χ4n) is 2.55. The van der Waals surface area contributed by atoms with Crippen LogP contribution in [0.15, 0.2) is 53.6 Å². The fourth-order valence-corrected chi connectivity index (χ4v) is 4.45. The van der Waals surface area contributed by atoms with Crippen LogP contribution in [0.3, 0.4) is 0 Å². The molecule has 1 fully saturated rings. The van der Waals surface area contributed by atoms with Gasteiger partial charge in [0.05, 0.1) is 15.7 Å². The Hall–Kier alpha value is -2.41. The van der Waals surface area contributed by atoms with Crippen LogP contribution >= 0.6 is 0 Å². The number of pyridine rings is 1. The van der Waals surface area contributed by atoms with Crippen LogP contribution in [0, 0.1) is 0 Å². The summed E-state index contributed by atoms with van der Waals surface area (Å²) < 4.78 is 24.8. The molecule has 7 heteroatoms. The number of carboxylic acids is 1. The van der Waals surface area contributed by atoms with Gasteiger partial charge >= 0.3 is 5.97 Å². The summed E-state index contributed by atoms with van der Waals surface area (Å²) in [4.78, 5) is 15.1. The number of benzene rings is 1. The number of aromatic nitrogens is 1. The average molecular weight is 332 g/mol. The molecule has 1 aliphatic carbocycles. The maximum atomic E-state index is 12.4. The van der Waals surface area contributed by atoms with Crippen molar-refractivity contribution in [1.29, 1.82) is 0 Å². The molecule has 0 bridgehead atoms. The number of carboxylic acid groups (broad SMARTS) is 1. The second-order valence-electron chi connectivity index (χ2n) is 5.53. The number of nitrogens with zero attached hydrogens (tertiary/aromatic N) is 1. The van der Waals surface area contributed by atoms with E-state index in [1.54, 1.807) is 36.4 Å². The number of sulfone groups is 1. The number of aromatic carboxylic acids is 1. The van der Waals surface area contributed by atoms with Crippen LogP contribution < -0.4 is 5.32 Å². The van der Waals surface area contributed by atoms with Gasteiger partial charge in [-0.15, -0.1) is 0 Å². The van der Waals surface area contributed by atoms with Crippen LogP contribution in [0.1, 0.15) is 23.2 Å². The first kappa shape index (κ1) is 15.5. The molecule has 2 N–H and O–H groups in total. The molecule has 0 amide bonds. The lowest BCUT2D eigenvalue weighted by atomic mass is 9.92. The largest absolute Gasteiger partial charge is 0.478 e. The second-order valence-corrected chi connectivity index (χ2v) is 7.76. The molecule has 6 nitrogen and oxygen atoms in total. The summed E-state index contributed by atoms with van der Waals surface area (Å²) in [5.74, 6) is -0.475. The monoisotopic (exact) mass is 332 g/mol. The van der Waals surface area contributed by atoms with E-state index >= 15 is 0 Å². The predicted octanol–water partition coefficient (Wildman–Crippen LogP) is 2.20. The van der Waals surface area contributed by atoms with Crippen LogP contribution in [0.25, 0.3) is 0 Å². The average Bonchev–Trinajstić information content (AvgIpc) is 2.51. The second kappa shape index (κ2) is 6.00. The van der Waals surface area contributed by atoms with Gasteiger partial charge in [0.25, 0.3) is 0 Å². The number of hydrogen-bond acceptors (Lipinski definition) is 5. The van der Waals surface area contributed by atoms with Crippen LogP contribution in [-0.2, 0) is 9.84 Å². The van der Waals surface area contributed by atoms with E-state index in [0.717, 1.165) is 0 Å². The highest BCUT2D eigenvalue weighted by Crippen LogP contribution is 2.33. The molecule has 3 rings (SSSR count). The highest BCUT2D eigenvalue weighted by Gasteiger charge is 2.39. The molecule has 1 heterocycles. The maximum Gasteiger partial charge on any atom is 0.337 e. The van der Waals surface area contributed by atoms with Crippen LogP contribution in [-0.4, -0.2) is 35.8 Å². The van der Waals surface area contributed by atoms with Gasteiger partial charge in [-0.2, -0.15) is 0 Å². The van der Waals surface area contributed by atoms with Crippen molar-refractivity contribution in [2.45, 2.75) is 29.0 Å². The Morgan fingerprint density at radius 1 is 1.13 bits per heavy atom. The third-order valence-corrected chi connectivity index (χ3v) is 6.16. The predicted molar refractivity (Wildman–Crippen MR) is 85.3 cm³/mol. The molecule has 1 aromatic heterocycles. The highest BCUT2D eigenvalue weighted by molar-refractivity contribution is 7.92. The molecule has 0 spiro atoms. The minimum atomic E-state index is -3.28. The van der Waals surface area contributed by atoms with Crippen molar-refractivity contribution in [3.05, 3.63) is 54.2 Å². The molecular weight excluding hydrogens is 316 g/mol. The highest BCUT2D eigenvalue weighted by atomic mass is 32.2. The minimum absolute atomic E-state index is 0.0293. The Morgan fingerprint density at radius 3 is 2.39 bits per heavy atom. The van der Waals surface area contributed by atoms with Crippen LogP contribution in [0.2, 0.25) is 0 Å². The van der Waals surface area contributed by atoms with Crippen molar-refractivity contribution in [2.24, 2.45) is 0 Å². The van der Waals surface area contributed by atoms with Crippen molar-refractivity contribution in [2.75, 3.05) is 5.32 Å². The fraction of sp³-hybridized carbons (Fsp3) is 0.250. The first-order valence-corrected chi connectivity index (χ1v) is 8.76.